The number of hydrogen-bond acceptors (Lipinski definition) is 6. The summed E-state index contributed by atoms with van der Waals surface area (Å²) in [5, 5.41) is 0. The maximum Gasteiger partial charge on any atom is 0.135 e. The minimum Gasteiger partial charge on any atom is -0.379 e. The van der Waals surface area contributed by atoms with Crippen molar-refractivity contribution in [1.29, 1.82) is 0 Å². The Hall–Kier alpha value is -0.820. The minimum atomic E-state index is 0.273. The predicted octanol–water partition coefficient (Wildman–Crippen LogP) is 5.40. The quantitative estimate of drug-likeness (QED) is 0.171. The highest BCUT2D eigenvalue weighted by atomic mass is 16.6. The van der Waals surface area contributed by atoms with Gasteiger partial charge in [-0.15, -0.1) is 0 Å². The number of rotatable bonds is 25. The molecule has 0 saturated heterocycles. The molecule has 0 saturated carbocycles. The fraction of sp³-hybridized carbons (Fsp3) is 0.923. The molecule has 0 bridgehead atoms. The zero-order chi connectivity index (χ0) is 23.9. The van der Waals surface area contributed by atoms with Crippen molar-refractivity contribution in [2.45, 2.75) is 91.9 Å². The summed E-state index contributed by atoms with van der Waals surface area (Å²) in [6.45, 7) is 12.9. The topological polar surface area (TPSA) is 71.1 Å². The molecule has 0 aliphatic heterocycles. The lowest BCUT2D eigenvalue weighted by molar-refractivity contribution is -0.121. The molecule has 0 aromatic carbocycles. The van der Waals surface area contributed by atoms with Gasteiger partial charge in [-0.25, -0.2) is 0 Å². The van der Waals surface area contributed by atoms with E-state index < -0.39 is 0 Å². The first-order valence-corrected chi connectivity index (χ1v) is 12.8. The van der Waals surface area contributed by atoms with Crippen LogP contribution in [0.25, 0.3) is 0 Å². The lowest BCUT2D eigenvalue weighted by atomic mass is 10.0. The molecule has 6 heteroatoms. The van der Waals surface area contributed by atoms with Gasteiger partial charge in [0.1, 0.15) is 11.6 Å². The number of Topliss-reactive ketones (excluding diaryl/α,β-unsaturated/α-hetero) is 2. The average Bonchev–Trinajstić information content (AvgIpc) is 2.74. The second-order valence-corrected chi connectivity index (χ2v) is 9.31. The van der Waals surface area contributed by atoms with Gasteiger partial charge in [0.05, 0.1) is 46.2 Å². The van der Waals surface area contributed by atoms with Crippen molar-refractivity contribution in [2.24, 2.45) is 11.8 Å². The van der Waals surface area contributed by atoms with Crippen molar-refractivity contribution in [1.82, 2.24) is 0 Å². The summed E-state index contributed by atoms with van der Waals surface area (Å²) in [6.07, 6.45) is 8.87. The SMILES string of the molecule is CC(C)CCCCCC(=O)CCCOCCOCCOCCOCCC(=O)CCC(C)C. The third-order valence-electron chi connectivity index (χ3n) is 5.12. The summed E-state index contributed by atoms with van der Waals surface area (Å²) in [5.74, 6) is 1.95. The number of ether oxygens (including phenoxy) is 4. The van der Waals surface area contributed by atoms with E-state index in [1.807, 2.05) is 0 Å². The Labute approximate surface area is 197 Å². The summed E-state index contributed by atoms with van der Waals surface area (Å²) in [4.78, 5) is 23.4. The van der Waals surface area contributed by atoms with E-state index in [1.54, 1.807) is 0 Å². The van der Waals surface area contributed by atoms with Gasteiger partial charge in [-0.05, 0) is 31.1 Å². The Morgan fingerprint density at radius 3 is 1.50 bits per heavy atom. The summed E-state index contributed by atoms with van der Waals surface area (Å²) >= 11 is 0. The maximum absolute atomic E-state index is 11.8. The summed E-state index contributed by atoms with van der Waals surface area (Å²) in [6, 6.07) is 0. The van der Waals surface area contributed by atoms with Gasteiger partial charge in [0.15, 0.2) is 0 Å². The van der Waals surface area contributed by atoms with Crippen LogP contribution in [0.1, 0.15) is 91.9 Å². The van der Waals surface area contributed by atoms with Gasteiger partial charge in [0, 0.05) is 32.3 Å². The van der Waals surface area contributed by atoms with Crippen molar-refractivity contribution in [3.05, 3.63) is 0 Å². The van der Waals surface area contributed by atoms with Crippen LogP contribution in [0.4, 0.5) is 0 Å². The van der Waals surface area contributed by atoms with Crippen LogP contribution in [0.2, 0.25) is 0 Å². The van der Waals surface area contributed by atoms with Crippen molar-refractivity contribution < 1.29 is 28.5 Å². The summed E-state index contributed by atoms with van der Waals surface area (Å²) < 4.78 is 21.8. The predicted molar refractivity (Wildman–Crippen MR) is 129 cm³/mol. The third-order valence-corrected chi connectivity index (χ3v) is 5.12. The average molecular weight is 459 g/mol. The van der Waals surface area contributed by atoms with Crippen LogP contribution >= 0.6 is 0 Å². The molecule has 0 atom stereocenters. The summed E-state index contributed by atoms with van der Waals surface area (Å²) in [5.41, 5.74) is 0. The Kier molecular flexibility index (Phi) is 22.7. The van der Waals surface area contributed by atoms with E-state index in [0.717, 1.165) is 31.6 Å². The third kappa shape index (κ3) is 25.4. The molecule has 0 aromatic heterocycles. The van der Waals surface area contributed by atoms with Crippen molar-refractivity contribution in [2.75, 3.05) is 52.9 Å². The van der Waals surface area contributed by atoms with Crippen LogP contribution in [-0.2, 0) is 28.5 Å². The number of carbonyl (C=O) groups excluding carboxylic acids is 2. The van der Waals surface area contributed by atoms with Crippen LogP contribution in [0.5, 0.6) is 0 Å². The molecule has 0 aromatic rings. The second-order valence-electron chi connectivity index (χ2n) is 9.31. The minimum absolute atomic E-state index is 0.273. The first-order chi connectivity index (χ1) is 15.4. The molecule has 0 fully saturated rings. The van der Waals surface area contributed by atoms with Gasteiger partial charge >= 0.3 is 0 Å². The molecule has 0 amide bonds. The molecular formula is C26H50O6. The Morgan fingerprint density at radius 1 is 0.469 bits per heavy atom. The monoisotopic (exact) mass is 458 g/mol. The van der Waals surface area contributed by atoms with E-state index in [9.17, 15) is 9.59 Å². The van der Waals surface area contributed by atoms with E-state index in [1.165, 1.54) is 12.8 Å². The number of hydrogen-bond donors (Lipinski definition) is 0. The van der Waals surface area contributed by atoms with Crippen LogP contribution in [0.3, 0.4) is 0 Å². The van der Waals surface area contributed by atoms with E-state index in [-0.39, 0.29) is 5.78 Å². The van der Waals surface area contributed by atoms with E-state index >= 15 is 0 Å². The molecule has 0 rings (SSSR count). The van der Waals surface area contributed by atoms with Gasteiger partial charge in [-0.1, -0.05) is 47.0 Å². The number of unbranched alkanes of at least 4 members (excludes halogenated alkanes) is 2. The maximum atomic E-state index is 11.8. The van der Waals surface area contributed by atoms with Crippen LogP contribution in [0, 0.1) is 11.8 Å². The Bertz CT molecular complexity index is 436. The van der Waals surface area contributed by atoms with E-state index in [2.05, 4.69) is 27.7 Å². The van der Waals surface area contributed by atoms with Gasteiger partial charge in [-0.2, -0.15) is 0 Å². The van der Waals surface area contributed by atoms with Crippen molar-refractivity contribution in [3.8, 4) is 0 Å². The number of carbonyl (C=O) groups is 2. The van der Waals surface area contributed by atoms with Gasteiger partial charge < -0.3 is 18.9 Å². The molecule has 0 spiro atoms. The highest BCUT2D eigenvalue weighted by Crippen LogP contribution is 2.10. The molecule has 0 unspecified atom stereocenters. The smallest absolute Gasteiger partial charge is 0.135 e. The molecule has 0 aliphatic rings. The van der Waals surface area contributed by atoms with E-state index in [4.69, 9.17) is 18.9 Å². The zero-order valence-electron chi connectivity index (χ0n) is 21.3. The molecule has 32 heavy (non-hydrogen) atoms. The number of ketones is 2. The van der Waals surface area contributed by atoms with Gasteiger partial charge in [0.25, 0.3) is 0 Å². The van der Waals surface area contributed by atoms with Gasteiger partial charge in [-0.3, -0.25) is 9.59 Å². The first-order valence-electron chi connectivity index (χ1n) is 12.8. The fourth-order valence-electron chi connectivity index (χ4n) is 3.07. The highest BCUT2D eigenvalue weighted by molar-refractivity contribution is 5.78. The first kappa shape index (κ1) is 31.2. The second kappa shape index (κ2) is 23.3. The molecule has 0 heterocycles. The molecule has 6 nitrogen and oxygen atoms in total. The molecule has 0 N–H and O–H groups in total. The van der Waals surface area contributed by atoms with E-state index in [0.29, 0.717) is 90.2 Å². The largest absolute Gasteiger partial charge is 0.379 e. The normalized spacial score (nSPS) is 11.6. The van der Waals surface area contributed by atoms with Gasteiger partial charge in [0.2, 0.25) is 0 Å². The van der Waals surface area contributed by atoms with Crippen LogP contribution < -0.4 is 0 Å². The lowest BCUT2D eigenvalue weighted by Gasteiger charge is -2.08. The molecule has 190 valence electrons. The van der Waals surface area contributed by atoms with Crippen LogP contribution in [-0.4, -0.2) is 64.4 Å². The molecule has 0 radical (unpaired) electrons. The van der Waals surface area contributed by atoms with Crippen molar-refractivity contribution >= 4 is 11.6 Å². The fourth-order valence-corrected chi connectivity index (χ4v) is 3.07. The standard InChI is InChI=1S/C26H50O6/c1-23(2)9-6-5-7-10-25(27)11-8-15-29-17-19-31-21-22-32-20-18-30-16-14-26(28)13-12-24(3)4/h23-24H,5-22H2,1-4H3. The van der Waals surface area contributed by atoms with Crippen LogP contribution in [0.15, 0.2) is 0 Å². The zero-order valence-corrected chi connectivity index (χ0v) is 21.3. The Balaban J connectivity index is 3.20. The van der Waals surface area contributed by atoms with Crippen molar-refractivity contribution in [3.63, 3.8) is 0 Å². The molecule has 0 aliphatic carbocycles. The molecular weight excluding hydrogens is 408 g/mol. The lowest BCUT2D eigenvalue weighted by Crippen LogP contribution is -2.13. The Morgan fingerprint density at radius 2 is 0.938 bits per heavy atom. The highest BCUT2D eigenvalue weighted by Gasteiger charge is 2.04. The summed E-state index contributed by atoms with van der Waals surface area (Å²) in [7, 11) is 0.